The Morgan fingerprint density at radius 3 is 1.69 bits per heavy atom. The molecule has 0 unspecified atom stereocenters. The summed E-state index contributed by atoms with van der Waals surface area (Å²) in [5.41, 5.74) is 4.71. The first-order valence-corrected chi connectivity index (χ1v) is 11.2. The van der Waals surface area contributed by atoms with Crippen molar-refractivity contribution in [2.24, 2.45) is 4.99 Å². The molecule has 1 nitrogen and oxygen atoms in total. The number of rotatable bonds is 5. The quantitative estimate of drug-likeness (QED) is 0.300. The van der Waals surface area contributed by atoms with E-state index in [1.54, 1.807) is 0 Å². The monoisotopic (exact) mass is 393 g/mol. The van der Waals surface area contributed by atoms with Crippen LogP contribution >= 0.6 is 7.92 Å². The second kappa shape index (κ2) is 8.99. The minimum atomic E-state index is -0.663. The molecule has 0 atom stereocenters. The topological polar surface area (TPSA) is 12.4 Å². The molecule has 0 bridgehead atoms. The van der Waals surface area contributed by atoms with E-state index in [1.807, 2.05) is 36.5 Å². The van der Waals surface area contributed by atoms with Gasteiger partial charge in [0.2, 0.25) is 0 Å². The van der Waals surface area contributed by atoms with Crippen molar-refractivity contribution in [3.63, 3.8) is 0 Å². The van der Waals surface area contributed by atoms with Crippen LogP contribution in [0, 0.1) is 13.8 Å². The molecule has 0 aromatic heterocycles. The Balaban J connectivity index is 1.82. The number of para-hydroxylation sites is 1. The molecule has 2 heteroatoms. The third-order valence-corrected chi connectivity index (χ3v) is 7.39. The molecule has 0 heterocycles. The molecule has 142 valence electrons. The van der Waals surface area contributed by atoms with Crippen molar-refractivity contribution in [2.45, 2.75) is 13.8 Å². The summed E-state index contributed by atoms with van der Waals surface area (Å²) in [5.74, 6) is 0. The molecule has 0 radical (unpaired) electrons. The summed E-state index contributed by atoms with van der Waals surface area (Å²) in [6, 6.07) is 36.7. The summed E-state index contributed by atoms with van der Waals surface area (Å²) < 4.78 is 0. The second-order valence-electron chi connectivity index (χ2n) is 7.16. The largest absolute Gasteiger partial charge is 0.256 e. The van der Waals surface area contributed by atoms with Crippen LogP contribution in [0.25, 0.3) is 0 Å². The Morgan fingerprint density at radius 2 is 1.10 bits per heavy atom. The molecular formula is C27H24NP. The van der Waals surface area contributed by atoms with Gasteiger partial charge in [-0.3, -0.25) is 4.99 Å². The van der Waals surface area contributed by atoms with E-state index in [-0.39, 0.29) is 0 Å². The second-order valence-corrected chi connectivity index (χ2v) is 9.34. The first kappa shape index (κ1) is 19.3. The molecule has 0 aliphatic rings. The van der Waals surface area contributed by atoms with Crippen LogP contribution in [0.4, 0.5) is 5.69 Å². The van der Waals surface area contributed by atoms with E-state index in [2.05, 4.69) is 86.6 Å². The van der Waals surface area contributed by atoms with E-state index in [0.717, 1.165) is 5.69 Å². The summed E-state index contributed by atoms with van der Waals surface area (Å²) in [6.45, 7) is 4.27. The third-order valence-electron chi connectivity index (χ3n) is 4.87. The molecule has 4 aromatic rings. The van der Waals surface area contributed by atoms with Gasteiger partial charge in [-0.25, -0.2) is 0 Å². The minimum Gasteiger partial charge on any atom is -0.256 e. The van der Waals surface area contributed by atoms with Crippen LogP contribution in [-0.4, -0.2) is 6.21 Å². The SMILES string of the molecule is Cc1ccc(P(c2ccc(C)cc2)c2ccccc2C=Nc2ccccc2)cc1. The Kier molecular flexibility index (Phi) is 5.98. The van der Waals surface area contributed by atoms with Crippen LogP contribution in [0.5, 0.6) is 0 Å². The van der Waals surface area contributed by atoms with E-state index in [0.29, 0.717) is 0 Å². The van der Waals surface area contributed by atoms with Crippen molar-refractivity contribution in [1.82, 2.24) is 0 Å². The highest BCUT2D eigenvalue weighted by molar-refractivity contribution is 7.80. The summed E-state index contributed by atoms with van der Waals surface area (Å²) >= 11 is 0. The number of hydrogen-bond acceptors (Lipinski definition) is 1. The van der Waals surface area contributed by atoms with Gasteiger partial charge in [-0.2, -0.15) is 0 Å². The zero-order chi connectivity index (χ0) is 20.1. The standard InChI is InChI=1S/C27H24NP/c1-21-12-16-25(17-13-21)29(26-18-14-22(2)15-19-26)27-11-7-6-8-23(27)20-28-24-9-4-3-5-10-24/h3-20H,1-2H3. The van der Waals surface area contributed by atoms with Gasteiger partial charge in [-0.05, 0) is 49.8 Å². The van der Waals surface area contributed by atoms with Gasteiger partial charge in [-0.1, -0.05) is 102 Å². The van der Waals surface area contributed by atoms with Gasteiger partial charge in [0.05, 0.1) is 5.69 Å². The normalized spacial score (nSPS) is 11.3. The van der Waals surface area contributed by atoms with Gasteiger partial charge in [-0.15, -0.1) is 0 Å². The molecule has 0 N–H and O–H groups in total. The van der Waals surface area contributed by atoms with E-state index in [1.165, 1.54) is 32.6 Å². The molecule has 0 aliphatic carbocycles. The molecule has 0 fully saturated rings. The van der Waals surface area contributed by atoms with Crippen molar-refractivity contribution in [1.29, 1.82) is 0 Å². The number of aliphatic imine (C=N–C) groups is 1. The predicted octanol–water partition coefficient (Wildman–Crippen LogP) is 5.81. The lowest BCUT2D eigenvalue weighted by Gasteiger charge is -2.21. The van der Waals surface area contributed by atoms with Crippen molar-refractivity contribution < 1.29 is 0 Å². The Labute approximate surface area is 174 Å². The van der Waals surface area contributed by atoms with E-state index >= 15 is 0 Å². The van der Waals surface area contributed by atoms with Gasteiger partial charge >= 0.3 is 0 Å². The fourth-order valence-corrected chi connectivity index (χ4v) is 5.65. The van der Waals surface area contributed by atoms with Crippen LogP contribution in [0.15, 0.2) is 108 Å². The van der Waals surface area contributed by atoms with E-state index < -0.39 is 7.92 Å². The Hall–Kier alpha value is -3.02. The number of hydrogen-bond donors (Lipinski definition) is 0. The maximum Gasteiger partial charge on any atom is 0.0629 e. The third kappa shape index (κ3) is 4.70. The zero-order valence-electron chi connectivity index (χ0n) is 16.8. The van der Waals surface area contributed by atoms with E-state index in [9.17, 15) is 0 Å². The average Bonchev–Trinajstić information content (AvgIpc) is 2.76. The van der Waals surface area contributed by atoms with Crippen molar-refractivity contribution in [2.75, 3.05) is 0 Å². The van der Waals surface area contributed by atoms with Gasteiger partial charge < -0.3 is 0 Å². The number of benzene rings is 4. The fraction of sp³-hybridized carbons (Fsp3) is 0.0741. The highest BCUT2D eigenvalue weighted by atomic mass is 31.1. The average molecular weight is 393 g/mol. The summed E-state index contributed by atoms with van der Waals surface area (Å²) in [4.78, 5) is 4.72. The number of aryl methyl sites for hydroxylation is 2. The van der Waals surface area contributed by atoms with Crippen molar-refractivity contribution in [3.05, 3.63) is 120 Å². The fourth-order valence-electron chi connectivity index (χ4n) is 3.27. The first-order chi connectivity index (χ1) is 14.2. The highest BCUT2D eigenvalue weighted by Gasteiger charge is 2.18. The predicted molar refractivity (Wildman–Crippen MR) is 128 cm³/mol. The van der Waals surface area contributed by atoms with Crippen LogP contribution in [-0.2, 0) is 0 Å². The zero-order valence-corrected chi connectivity index (χ0v) is 17.7. The van der Waals surface area contributed by atoms with Crippen molar-refractivity contribution >= 4 is 35.7 Å². The first-order valence-electron chi connectivity index (χ1n) is 9.82. The van der Waals surface area contributed by atoms with Gasteiger partial charge in [0.15, 0.2) is 0 Å². The van der Waals surface area contributed by atoms with Gasteiger partial charge in [0.25, 0.3) is 0 Å². The molecule has 0 aliphatic heterocycles. The van der Waals surface area contributed by atoms with Gasteiger partial charge in [0.1, 0.15) is 0 Å². The Bertz CT molecular complexity index is 1050. The van der Waals surface area contributed by atoms with Crippen LogP contribution < -0.4 is 15.9 Å². The maximum atomic E-state index is 4.72. The van der Waals surface area contributed by atoms with Crippen LogP contribution in [0.1, 0.15) is 16.7 Å². The maximum absolute atomic E-state index is 4.72. The lowest BCUT2D eigenvalue weighted by Crippen LogP contribution is -2.23. The Morgan fingerprint density at radius 1 is 0.586 bits per heavy atom. The molecule has 4 rings (SSSR count). The molecule has 4 aromatic carbocycles. The van der Waals surface area contributed by atoms with Crippen LogP contribution in [0.3, 0.4) is 0 Å². The number of nitrogens with zero attached hydrogens (tertiary/aromatic N) is 1. The molecule has 0 spiro atoms. The van der Waals surface area contributed by atoms with Crippen molar-refractivity contribution in [3.8, 4) is 0 Å². The molecule has 0 saturated heterocycles. The summed E-state index contributed by atoms with van der Waals surface area (Å²) in [5, 5.41) is 4.04. The smallest absolute Gasteiger partial charge is 0.0629 e. The minimum absolute atomic E-state index is 0.663. The highest BCUT2D eigenvalue weighted by Crippen LogP contribution is 2.34. The molecular weight excluding hydrogens is 369 g/mol. The molecule has 29 heavy (non-hydrogen) atoms. The summed E-state index contributed by atoms with van der Waals surface area (Å²) in [7, 11) is -0.663. The summed E-state index contributed by atoms with van der Waals surface area (Å²) in [6.07, 6.45) is 2.00. The molecule has 0 amide bonds. The lowest BCUT2D eigenvalue weighted by molar-refractivity contribution is 1.49. The lowest BCUT2D eigenvalue weighted by atomic mass is 10.2. The van der Waals surface area contributed by atoms with E-state index in [4.69, 9.17) is 4.99 Å². The van der Waals surface area contributed by atoms with Crippen LogP contribution in [0.2, 0.25) is 0 Å². The molecule has 0 saturated carbocycles. The van der Waals surface area contributed by atoms with Gasteiger partial charge in [0, 0.05) is 11.8 Å².